The molecule has 1 fully saturated rings. The number of ether oxygens (including phenoxy) is 1. The van der Waals surface area contributed by atoms with Crippen LogP contribution in [0.3, 0.4) is 0 Å². The van der Waals surface area contributed by atoms with Crippen molar-refractivity contribution in [1.29, 1.82) is 0 Å². The van der Waals surface area contributed by atoms with Crippen molar-refractivity contribution >= 4 is 24.2 Å². The van der Waals surface area contributed by atoms with Gasteiger partial charge >= 0.3 is 19.1 Å². The summed E-state index contributed by atoms with van der Waals surface area (Å²) < 4.78 is 58.6. The summed E-state index contributed by atoms with van der Waals surface area (Å²) in [6.07, 6.45) is -6.35. The molecule has 15 heavy (non-hydrogen) atoms. The molecule has 88 valence electrons. The molecule has 0 aromatic carbocycles. The normalized spacial score (nSPS) is 32.4. The van der Waals surface area contributed by atoms with Crippen molar-refractivity contribution in [2.24, 2.45) is 0 Å². The number of esters is 1. The number of carbonyl (C=O) groups excluding carboxylic acids is 1. The van der Waals surface area contributed by atoms with Gasteiger partial charge in [0.15, 0.2) is 0 Å². The second-order valence-electron chi connectivity index (χ2n) is 2.55. The van der Waals surface area contributed by atoms with Gasteiger partial charge in [0.05, 0.1) is 13.2 Å². The summed E-state index contributed by atoms with van der Waals surface area (Å²) in [5.74, 6) is -2.36. The molecule has 0 saturated carbocycles. The van der Waals surface area contributed by atoms with Gasteiger partial charge in [-0.1, -0.05) is 0 Å². The zero-order valence-electron chi connectivity index (χ0n) is 6.99. The lowest BCUT2D eigenvalue weighted by Crippen LogP contribution is -2.36. The third-order valence-corrected chi connectivity index (χ3v) is 2.83. The van der Waals surface area contributed by atoms with E-state index in [0.29, 0.717) is 0 Å². The van der Waals surface area contributed by atoms with Gasteiger partial charge in [0.2, 0.25) is 0 Å². The third kappa shape index (κ3) is 3.98. The molecule has 0 unspecified atom stereocenters. The maximum Gasteiger partial charge on any atom is 0.490 e. The maximum atomic E-state index is 11.7. The number of hydrogen-bond donors (Lipinski definition) is 0. The van der Waals surface area contributed by atoms with Crippen molar-refractivity contribution in [3.05, 3.63) is 0 Å². The molecular formula is C5H5ClF3O5P. The first-order chi connectivity index (χ1) is 6.71. The van der Waals surface area contributed by atoms with Crippen LogP contribution in [0.1, 0.15) is 0 Å². The molecule has 0 aliphatic carbocycles. The number of halogens is 4. The molecule has 0 atom stereocenters. The van der Waals surface area contributed by atoms with Crippen LogP contribution in [-0.4, -0.2) is 31.5 Å². The minimum atomic E-state index is -5.08. The Hall–Kier alpha value is -0.300. The van der Waals surface area contributed by atoms with Crippen LogP contribution in [0.25, 0.3) is 0 Å². The summed E-state index contributed by atoms with van der Waals surface area (Å²) in [6, 6.07) is 0. The fourth-order valence-electron chi connectivity index (χ4n) is 0.716. The molecule has 1 heterocycles. The second-order valence-corrected chi connectivity index (χ2v) is 5.17. The van der Waals surface area contributed by atoms with Crippen LogP contribution in [0.4, 0.5) is 13.2 Å². The van der Waals surface area contributed by atoms with E-state index in [4.69, 9.17) is 11.2 Å². The van der Waals surface area contributed by atoms with Crippen molar-refractivity contribution in [1.82, 2.24) is 0 Å². The lowest BCUT2D eigenvalue weighted by molar-refractivity contribution is -0.208. The Kier molecular flexibility index (Phi) is 3.65. The van der Waals surface area contributed by atoms with E-state index in [-0.39, 0.29) is 0 Å². The van der Waals surface area contributed by atoms with E-state index in [1.54, 1.807) is 0 Å². The Morgan fingerprint density at radius 1 is 1.40 bits per heavy atom. The first kappa shape index (κ1) is 12.8. The molecule has 0 aromatic rings. The van der Waals surface area contributed by atoms with Gasteiger partial charge in [-0.25, -0.2) is 9.36 Å². The largest absolute Gasteiger partial charge is 0.490 e. The van der Waals surface area contributed by atoms with E-state index in [2.05, 4.69) is 13.8 Å². The Balaban J connectivity index is 2.43. The topological polar surface area (TPSA) is 61.8 Å². The second kappa shape index (κ2) is 4.29. The van der Waals surface area contributed by atoms with E-state index in [0.717, 1.165) is 0 Å². The summed E-state index contributed by atoms with van der Waals surface area (Å²) in [5.41, 5.74) is 0. The van der Waals surface area contributed by atoms with Crippen LogP contribution in [0.2, 0.25) is 0 Å². The van der Waals surface area contributed by atoms with Crippen LogP contribution in [-0.2, 0) is 23.1 Å². The fraction of sp³-hybridized carbons (Fsp3) is 0.800. The molecule has 10 heteroatoms. The van der Waals surface area contributed by atoms with Crippen LogP contribution >= 0.6 is 18.2 Å². The summed E-state index contributed by atoms with van der Waals surface area (Å²) in [7, 11) is 0. The molecule has 0 aromatic heterocycles. The quantitative estimate of drug-likeness (QED) is 0.536. The lowest BCUT2D eigenvalue weighted by atomic mass is 10.4. The first-order valence-electron chi connectivity index (χ1n) is 3.57. The summed E-state index contributed by atoms with van der Waals surface area (Å²) in [5, 5.41) is 0. The van der Waals surface area contributed by atoms with Gasteiger partial charge in [-0.2, -0.15) is 13.2 Å². The summed E-state index contributed by atoms with van der Waals surface area (Å²) >= 11 is 5.11. The van der Waals surface area contributed by atoms with Gasteiger partial charge in [0, 0.05) is 11.2 Å². The molecule has 0 spiro atoms. The summed E-state index contributed by atoms with van der Waals surface area (Å²) in [6.45, 7) is -4.70. The average molecular weight is 269 g/mol. The van der Waals surface area contributed by atoms with Gasteiger partial charge in [0.1, 0.15) is 6.10 Å². The van der Waals surface area contributed by atoms with Gasteiger partial charge < -0.3 is 4.74 Å². The van der Waals surface area contributed by atoms with Crippen molar-refractivity contribution in [3.8, 4) is 0 Å². The van der Waals surface area contributed by atoms with Gasteiger partial charge in [-0.05, 0) is 0 Å². The maximum absolute atomic E-state index is 11.7. The summed E-state index contributed by atoms with van der Waals surface area (Å²) in [4.78, 5) is 10.3. The average Bonchev–Trinajstić information content (AvgIpc) is 2.07. The molecule has 0 radical (unpaired) electrons. The number of carbonyl (C=O) groups is 1. The predicted octanol–water partition coefficient (Wildman–Crippen LogP) is 1.85. The number of hydrogen-bond acceptors (Lipinski definition) is 5. The molecule has 1 aliphatic heterocycles. The monoisotopic (exact) mass is 268 g/mol. The van der Waals surface area contributed by atoms with E-state index >= 15 is 0 Å². The molecule has 1 rings (SSSR count). The Morgan fingerprint density at radius 3 is 2.27 bits per heavy atom. The van der Waals surface area contributed by atoms with Crippen LogP contribution < -0.4 is 0 Å². The Morgan fingerprint density at radius 2 is 1.87 bits per heavy atom. The zero-order valence-corrected chi connectivity index (χ0v) is 8.64. The Labute approximate surface area is 86.8 Å². The minimum Gasteiger partial charge on any atom is -0.451 e. The van der Waals surface area contributed by atoms with Crippen LogP contribution in [0, 0.1) is 0 Å². The van der Waals surface area contributed by atoms with Crippen molar-refractivity contribution in [2.75, 3.05) is 13.2 Å². The van der Waals surface area contributed by atoms with E-state index in [1.807, 2.05) is 0 Å². The van der Waals surface area contributed by atoms with Crippen LogP contribution in [0.15, 0.2) is 0 Å². The SMILES string of the molecule is O=C(OC1COP(=O)(Cl)OC1)C(F)(F)F. The molecule has 0 N–H and O–H groups in total. The zero-order chi connectivity index (χ0) is 11.7. The molecule has 1 aliphatic rings. The Bertz CT molecular complexity index is 294. The van der Waals surface area contributed by atoms with Crippen LogP contribution in [0.5, 0.6) is 0 Å². The van der Waals surface area contributed by atoms with Crippen molar-refractivity contribution in [3.63, 3.8) is 0 Å². The van der Waals surface area contributed by atoms with Crippen molar-refractivity contribution < 1.29 is 36.3 Å². The highest BCUT2D eigenvalue weighted by Crippen LogP contribution is 2.55. The molecule has 5 nitrogen and oxygen atoms in total. The standard InChI is InChI=1S/C5H5ClF3O5P/c6-15(11)12-1-3(2-13-15)14-4(10)5(7,8)9/h3H,1-2H2. The molecule has 0 bridgehead atoms. The number of rotatable bonds is 1. The fourth-order valence-corrected chi connectivity index (χ4v) is 1.82. The predicted molar refractivity (Wildman–Crippen MR) is 41.3 cm³/mol. The highest BCUT2D eigenvalue weighted by Gasteiger charge is 2.43. The number of alkyl halides is 3. The van der Waals surface area contributed by atoms with E-state index in [9.17, 15) is 22.5 Å². The van der Waals surface area contributed by atoms with Gasteiger partial charge in [0.25, 0.3) is 0 Å². The third-order valence-electron chi connectivity index (χ3n) is 1.33. The van der Waals surface area contributed by atoms with E-state index < -0.39 is 38.4 Å². The smallest absolute Gasteiger partial charge is 0.451 e. The minimum absolute atomic E-state index is 0.497. The lowest BCUT2D eigenvalue weighted by Gasteiger charge is -2.25. The first-order valence-corrected chi connectivity index (χ1v) is 6.02. The highest BCUT2D eigenvalue weighted by atomic mass is 35.7. The highest BCUT2D eigenvalue weighted by molar-refractivity contribution is 7.81. The molecule has 1 saturated heterocycles. The molecule has 0 amide bonds. The van der Waals surface area contributed by atoms with E-state index in [1.165, 1.54) is 0 Å². The van der Waals surface area contributed by atoms with Gasteiger partial charge in [-0.3, -0.25) is 9.05 Å². The molecular weight excluding hydrogens is 263 g/mol. The van der Waals surface area contributed by atoms with Gasteiger partial charge in [-0.15, -0.1) is 0 Å². The van der Waals surface area contributed by atoms with Crippen molar-refractivity contribution in [2.45, 2.75) is 12.3 Å².